The topological polar surface area (TPSA) is 75.3 Å². The van der Waals surface area contributed by atoms with Crippen molar-refractivity contribution >= 4 is 11.9 Å². The third kappa shape index (κ3) is 3.70. The van der Waals surface area contributed by atoms with Gasteiger partial charge in [0, 0.05) is 18.7 Å². The second kappa shape index (κ2) is 7.46. The minimum absolute atomic E-state index is 0.143. The summed E-state index contributed by atoms with van der Waals surface area (Å²) in [7, 11) is 0. The number of hydrogen-bond acceptors (Lipinski definition) is 4. The monoisotopic (exact) mass is 345 g/mol. The van der Waals surface area contributed by atoms with Crippen molar-refractivity contribution in [1.82, 2.24) is 15.1 Å². The molecule has 1 saturated heterocycles. The van der Waals surface area contributed by atoms with E-state index in [1.54, 1.807) is 24.0 Å². The van der Waals surface area contributed by atoms with E-state index in [2.05, 4.69) is 10.2 Å². The number of hydrogen-bond donors (Lipinski definition) is 1. The highest BCUT2D eigenvalue weighted by Crippen LogP contribution is 2.25. The molecule has 0 unspecified atom stereocenters. The van der Waals surface area contributed by atoms with Crippen molar-refractivity contribution < 1.29 is 18.7 Å². The number of nitrogens with one attached hydrogen (secondary N) is 1. The molecule has 0 saturated carbocycles. The first kappa shape index (κ1) is 17.1. The maximum atomic E-state index is 13.1. The molecule has 1 amide bonds. The predicted octanol–water partition coefficient (Wildman–Crippen LogP) is 2.63. The maximum Gasteiger partial charge on any atom is 0.309 e. The second-order valence-corrected chi connectivity index (χ2v) is 5.98. The van der Waals surface area contributed by atoms with E-state index in [1.807, 2.05) is 0 Å². The summed E-state index contributed by atoms with van der Waals surface area (Å²) in [5.74, 6) is -0.817. The van der Waals surface area contributed by atoms with Gasteiger partial charge < -0.3 is 9.64 Å². The minimum Gasteiger partial charge on any atom is -0.466 e. The molecule has 1 aliphatic heterocycles. The van der Waals surface area contributed by atoms with E-state index in [0.29, 0.717) is 49.4 Å². The van der Waals surface area contributed by atoms with Crippen molar-refractivity contribution in [3.05, 3.63) is 41.8 Å². The van der Waals surface area contributed by atoms with Gasteiger partial charge in [-0.2, -0.15) is 5.10 Å². The summed E-state index contributed by atoms with van der Waals surface area (Å²) in [6.07, 6.45) is 2.67. The molecule has 2 heterocycles. The highest BCUT2D eigenvalue weighted by atomic mass is 19.1. The van der Waals surface area contributed by atoms with Crippen LogP contribution >= 0.6 is 0 Å². The summed E-state index contributed by atoms with van der Waals surface area (Å²) in [6, 6.07) is 5.89. The summed E-state index contributed by atoms with van der Waals surface area (Å²) < 4.78 is 18.1. The molecule has 1 N–H and O–H groups in total. The third-order valence-electron chi connectivity index (χ3n) is 4.40. The molecule has 7 heteroatoms. The number of esters is 1. The number of carbonyl (C=O) groups excluding carboxylic acids is 2. The Morgan fingerprint density at radius 2 is 1.96 bits per heavy atom. The molecule has 0 spiro atoms. The molecule has 1 aliphatic rings. The highest BCUT2D eigenvalue weighted by molar-refractivity contribution is 5.99. The average Bonchev–Trinajstić information content (AvgIpc) is 3.12. The largest absolute Gasteiger partial charge is 0.466 e. The molecule has 0 aliphatic carbocycles. The fraction of sp³-hybridized carbons (Fsp3) is 0.389. The van der Waals surface area contributed by atoms with Crippen LogP contribution in [-0.2, 0) is 9.53 Å². The van der Waals surface area contributed by atoms with E-state index in [1.165, 1.54) is 18.3 Å². The van der Waals surface area contributed by atoms with Crippen LogP contribution in [0, 0.1) is 11.7 Å². The average molecular weight is 345 g/mol. The normalized spacial score (nSPS) is 15.2. The molecule has 1 fully saturated rings. The van der Waals surface area contributed by atoms with Crippen molar-refractivity contribution in [2.75, 3.05) is 19.7 Å². The van der Waals surface area contributed by atoms with Gasteiger partial charge in [0.2, 0.25) is 0 Å². The number of aromatic nitrogens is 2. The smallest absolute Gasteiger partial charge is 0.309 e. The first-order valence-electron chi connectivity index (χ1n) is 8.35. The zero-order valence-corrected chi connectivity index (χ0v) is 14.0. The van der Waals surface area contributed by atoms with Gasteiger partial charge in [-0.05, 0) is 44.0 Å². The van der Waals surface area contributed by atoms with Gasteiger partial charge in [-0.15, -0.1) is 0 Å². The number of H-pyrrole nitrogens is 1. The molecular weight excluding hydrogens is 325 g/mol. The van der Waals surface area contributed by atoms with Crippen LogP contribution in [-0.4, -0.2) is 46.7 Å². The lowest BCUT2D eigenvalue weighted by atomic mass is 9.96. The fourth-order valence-corrected chi connectivity index (χ4v) is 3.03. The van der Waals surface area contributed by atoms with Gasteiger partial charge in [0.1, 0.15) is 5.82 Å². The Morgan fingerprint density at radius 3 is 2.60 bits per heavy atom. The van der Waals surface area contributed by atoms with Crippen LogP contribution in [0.4, 0.5) is 4.39 Å². The molecule has 0 bridgehead atoms. The second-order valence-electron chi connectivity index (χ2n) is 5.98. The first-order chi connectivity index (χ1) is 12.1. The molecule has 6 nitrogen and oxygen atoms in total. The maximum absolute atomic E-state index is 13.1. The van der Waals surface area contributed by atoms with Gasteiger partial charge in [0.25, 0.3) is 5.91 Å². The van der Waals surface area contributed by atoms with Crippen LogP contribution in [0.2, 0.25) is 0 Å². The van der Waals surface area contributed by atoms with E-state index in [-0.39, 0.29) is 23.6 Å². The van der Waals surface area contributed by atoms with Crippen molar-refractivity contribution in [1.29, 1.82) is 0 Å². The fourth-order valence-electron chi connectivity index (χ4n) is 3.03. The summed E-state index contributed by atoms with van der Waals surface area (Å²) in [5, 5.41) is 6.78. The Kier molecular flexibility index (Phi) is 5.11. The lowest BCUT2D eigenvalue weighted by molar-refractivity contribution is -0.149. The SMILES string of the molecule is CCOC(=O)C1CCN(C(=O)c2cn[nH]c2-c2ccc(F)cc2)CC1. The summed E-state index contributed by atoms with van der Waals surface area (Å²) in [6.45, 7) is 3.15. The third-order valence-corrected chi connectivity index (χ3v) is 4.40. The number of carbonyl (C=O) groups is 2. The zero-order valence-electron chi connectivity index (χ0n) is 14.0. The van der Waals surface area contributed by atoms with Crippen molar-refractivity contribution in [2.45, 2.75) is 19.8 Å². The van der Waals surface area contributed by atoms with Gasteiger partial charge in [-0.1, -0.05) is 0 Å². The van der Waals surface area contributed by atoms with Crippen LogP contribution in [0.25, 0.3) is 11.3 Å². The Morgan fingerprint density at radius 1 is 1.28 bits per heavy atom. The van der Waals surface area contributed by atoms with Gasteiger partial charge >= 0.3 is 5.97 Å². The first-order valence-corrected chi connectivity index (χ1v) is 8.35. The van der Waals surface area contributed by atoms with Crippen molar-refractivity contribution in [3.63, 3.8) is 0 Å². The number of piperidine rings is 1. The molecule has 3 rings (SSSR count). The number of benzene rings is 1. The number of likely N-dealkylation sites (tertiary alicyclic amines) is 1. The summed E-state index contributed by atoms with van der Waals surface area (Å²) >= 11 is 0. The lowest BCUT2D eigenvalue weighted by Crippen LogP contribution is -2.40. The number of aromatic amines is 1. The van der Waals surface area contributed by atoms with E-state index in [9.17, 15) is 14.0 Å². The van der Waals surface area contributed by atoms with Crippen LogP contribution in [0.3, 0.4) is 0 Å². The molecule has 0 atom stereocenters. The van der Waals surface area contributed by atoms with Gasteiger partial charge in [-0.25, -0.2) is 4.39 Å². The Labute approximate surface area is 145 Å². The quantitative estimate of drug-likeness (QED) is 0.865. The Bertz CT molecular complexity index is 749. The van der Waals surface area contributed by atoms with Gasteiger partial charge in [0.05, 0.1) is 30.0 Å². The zero-order chi connectivity index (χ0) is 17.8. The van der Waals surface area contributed by atoms with E-state index in [4.69, 9.17) is 4.74 Å². The van der Waals surface area contributed by atoms with Gasteiger partial charge in [-0.3, -0.25) is 14.7 Å². The van der Waals surface area contributed by atoms with Crippen molar-refractivity contribution in [3.8, 4) is 11.3 Å². The number of halogens is 1. The van der Waals surface area contributed by atoms with E-state index in [0.717, 1.165) is 0 Å². The number of nitrogens with zero attached hydrogens (tertiary/aromatic N) is 2. The van der Waals surface area contributed by atoms with Crippen LogP contribution in [0.15, 0.2) is 30.5 Å². The van der Waals surface area contributed by atoms with Crippen LogP contribution in [0.1, 0.15) is 30.1 Å². The van der Waals surface area contributed by atoms with Crippen LogP contribution in [0.5, 0.6) is 0 Å². The van der Waals surface area contributed by atoms with E-state index < -0.39 is 0 Å². The summed E-state index contributed by atoms with van der Waals surface area (Å²) in [4.78, 5) is 26.3. The highest BCUT2D eigenvalue weighted by Gasteiger charge is 2.30. The minimum atomic E-state index is -0.336. The molecule has 1 aromatic heterocycles. The molecule has 132 valence electrons. The molecule has 0 radical (unpaired) electrons. The molecular formula is C18H20FN3O3. The molecule has 25 heavy (non-hydrogen) atoms. The molecule has 1 aromatic carbocycles. The van der Waals surface area contributed by atoms with Crippen LogP contribution < -0.4 is 0 Å². The summed E-state index contributed by atoms with van der Waals surface area (Å²) in [5.41, 5.74) is 1.71. The lowest BCUT2D eigenvalue weighted by Gasteiger charge is -2.30. The van der Waals surface area contributed by atoms with E-state index >= 15 is 0 Å². The number of rotatable bonds is 4. The number of ether oxygens (including phenoxy) is 1. The molecule has 2 aromatic rings. The van der Waals surface area contributed by atoms with Crippen molar-refractivity contribution in [2.24, 2.45) is 5.92 Å². The number of amides is 1. The standard InChI is InChI=1S/C18H20FN3O3/c1-2-25-18(24)13-7-9-22(10-8-13)17(23)15-11-20-21-16(15)12-3-5-14(19)6-4-12/h3-6,11,13H,2,7-10H2,1H3,(H,20,21). The predicted molar refractivity (Wildman–Crippen MR) is 89.2 cm³/mol. The Balaban J connectivity index is 1.70. The van der Waals surface area contributed by atoms with Gasteiger partial charge in [0.15, 0.2) is 0 Å². The Hall–Kier alpha value is -2.70.